The van der Waals surface area contributed by atoms with Crippen molar-refractivity contribution in [1.29, 1.82) is 0 Å². The Morgan fingerprint density at radius 3 is 2.77 bits per heavy atom. The van der Waals surface area contributed by atoms with Gasteiger partial charge in [0, 0.05) is 19.2 Å². The molecule has 1 unspecified atom stereocenters. The third kappa shape index (κ3) is 8.93. The van der Waals surface area contributed by atoms with Gasteiger partial charge in [-0.2, -0.15) is 0 Å². The van der Waals surface area contributed by atoms with Gasteiger partial charge < -0.3 is 20.5 Å². The van der Waals surface area contributed by atoms with Crippen LogP contribution >= 0.6 is 24.0 Å². The molecule has 0 radical (unpaired) electrons. The number of hydrogen-bond acceptors (Lipinski definition) is 4. The maximum absolute atomic E-state index is 12.0. The number of hydrogen-bond donors (Lipinski definition) is 2. The summed E-state index contributed by atoms with van der Waals surface area (Å²) >= 11 is 0. The van der Waals surface area contributed by atoms with Crippen LogP contribution in [-0.4, -0.2) is 43.7 Å². The molecule has 1 rings (SSSR count). The molecule has 0 aliphatic carbocycles. The predicted octanol–water partition coefficient (Wildman–Crippen LogP) is 1.78. The van der Waals surface area contributed by atoms with Gasteiger partial charge in [-0.3, -0.25) is 0 Å². The fourth-order valence-corrected chi connectivity index (χ4v) is 1.53. The molecule has 0 fully saturated rings. The van der Waals surface area contributed by atoms with Crippen LogP contribution in [0.3, 0.4) is 0 Å². The van der Waals surface area contributed by atoms with Gasteiger partial charge in [-0.05, 0) is 13.0 Å². The molecule has 0 saturated heterocycles. The van der Waals surface area contributed by atoms with Gasteiger partial charge in [0.1, 0.15) is 0 Å². The summed E-state index contributed by atoms with van der Waals surface area (Å²) < 4.78 is 33.9. The first-order valence-corrected chi connectivity index (χ1v) is 6.43. The molecule has 1 aromatic rings. The van der Waals surface area contributed by atoms with E-state index in [0.717, 1.165) is 0 Å². The first kappa shape index (κ1) is 20.8. The molecule has 0 bridgehead atoms. The Balaban J connectivity index is 0.00000441. The average molecular weight is 430 g/mol. The van der Waals surface area contributed by atoms with Crippen molar-refractivity contribution < 1.29 is 18.3 Å². The standard InChI is InChI=1S/C13H20F2N4O2.HI/c1-9(7-20-2)18-13(16)17-6-10-4-3-5-12(19-10)21-8-11(14)15;/h3-5,9,11H,6-8H2,1-2H3,(H3,16,17,18);1H. The molecule has 1 aromatic heterocycles. The topological polar surface area (TPSA) is 81.8 Å². The fraction of sp³-hybridized carbons (Fsp3) is 0.538. The molecule has 22 heavy (non-hydrogen) atoms. The molecule has 1 heterocycles. The summed E-state index contributed by atoms with van der Waals surface area (Å²) in [5.41, 5.74) is 6.29. The zero-order valence-electron chi connectivity index (χ0n) is 12.5. The van der Waals surface area contributed by atoms with Gasteiger partial charge in [0.15, 0.2) is 12.6 Å². The Morgan fingerprint density at radius 2 is 2.14 bits per heavy atom. The molecule has 3 N–H and O–H groups in total. The zero-order valence-corrected chi connectivity index (χ0v) is 14.8. The van der Waals surface area contributed by atoms with Crippen molar-refractivity contribution in [3.8, 4) is 5.88 Å². The van der Waals surface area contributed by atoms with Gasteiger partial charge in [-0.15, -0.1) is 24.0 Å². The average Bonchev–Trinajstić information content (AvgIpc) is 2.43. The maximum Gasteiger partial charge on any atom is 0.272 e. The Morgan fingerprint density at radius 1 is 1.41 bits per heavy atom. The van der Waals surface area contributed by atoms with Crippen molar-refractivity contribution in [2.75, 3.05) is 20.3 Å². The van der Waals surface area contributed by atoms with E-state index in [0.29, 0.717) is 12.3 Å². The van der Waals surface area contributed by atoms with Crippen LogP contribution in [-0.2, 0) is 11.3 Å². The summed E-state index contributed by atoms with van der Waals surface area (Å²) in [7, 11) is 1.60. The highest BCUT2D eigenvalue weighted by Gasteiger charge is 2.05. The van der Waals surface area contributed by atoms with Crippen LogP contribution in [0.4, 0.5) is 8.78 Å². The van der Waals surface area contributed by atoms with E-state index in [2.05, 4.69) is 15.3 Å². The Hall–Kier alpha value is -1.23. The van der Waals surface area contributed by atoms with Gasteiger partial charge in [-0.25, -0.2) is 18.8 Å². The number of aliphatic imine (C=N–C) groups is 1. The number of pyridine rings is 1. The predicted molar refractivity (Wildman–Crippen MR) is 91.0 cm³/mol. The van der Waals surface area contributed by atoms with Crippen LogP contribution in [0.15, 0.2) is 23.2 Å². The number of nitrogens with one attached hydrogen (secondary N) is 1. The molecule has 9 heteroatoms. The number of ether oxygens (including phenoxy) is 2. The van der Waals surface area contributed by atoms with Crippen molar-refractivity contribution in [1.82, 2.24) is 10.3 Å². The van der Waals surface area contributed by atoms with E-state index in [4.69, 9.17) is 15.2 Å². The molecule has 0 aliphatic rings. The van der Waals surface area contributed by atoms with E-state index in [9.17, 15) is 8.78 Å². The van der Waals surface area contributed by atoms with Gasteiger partial charge in [0.05, 0.1) is 18.8 Å². The molecule has 0 aliphatic heterocycles. The molecule has 0 amide bonds. The van der Waals surface area contributed by atoms with Crippen LogP contribution < -0.4 is 15.8 Å². The summed E-state index contributed by atoms with van der Waals surface area (Å²) in [6.07, 6.45) is -2.53. The molecule has 0 saturated carbocycles. The molecule has 1 atom stereocenters. The molecule has 6 nitrogen and oxygen atoms in total. The summed E-state index contributed by atoms with van der Waals surface area (Å²) in [5, 5.41) is 2.95. The second-order valence-corrected chi connectivity index (χ2v) is 4.37. The number of alkyl halides is 2. The highest BCUT2D eigenvalue weighted by molar-refractivity contribution is 14.0. The molecular formula is C13H21F2IN4O2. The summed E-state index contributed by atoms with van der Waals surface area (Å²) in [4.78, 5) is 8.18. The lowest BCUT2D eigenvalue weighted by atomic mass is 10.3. The lowest BCUT2D eigenvalue weighted by molar-refractivity contribution is 0.0795. The Labute approximate surface area is 145 Å². The van der Waals surface area contributed by atoms with Gasteiger partial charge >= 0.3 is 0 Å². The summed E-state index contributed by atoms with van der Waals surface area (Å²) in [6.45, 7) is 1.96. The Kier molecular flexibility index (Phi) is 10.7. The van der Waals surface area contributed by atoms with Crippen molar-refractivity contribution in [2.45, 2.75) is 25.9 Å². The minimum atomic E-state index is -2.53. The molecular weight excluding hydrogens is 409 g/mol. The van der Waals surface area contributed by atoms with Crippen molar-refractivity contribution in [3.63, 3.8) is 0 Å². The highest BCUT2D eigenvalue weighted by atomic mass is 127. The van der Waals surface area contributed by atoms with Crippen LogP contribution in [0.1, 0.15) is 12.6 Å². The maximum atomic E-state index is 12.0. The van der Waals surface area contributed by atoms with Gasteiger partial charge in [-0.1, -0.05) is 6.07 Å². The van der Waals surface area contributed by atoms with Gasteiger partial charge in [0.25, 0.3) is 6.43 Å². The largest absolute Gasteiger partial charge is 0.472 e. The van der Waals surface area contributed by atoms with Crippen molar-refractivity contribution in [3.05, 3.63) is 23.9 Å². The van der Waals surface area contributed by atoms with Crippen LogP contribution in [0.25, 0.3) is 0 Å². The minimum absolute atomic E-state index is 0. The number of methoxy groups -OCH3 is 1. The highest BCUT2D eigenvalue weighted by Crippen LogP contribution is 2.09. The molecule has 126 valence electrons. The summed E-state index contributed by atoms with van der Waals surface area (Å²) in [6, 6.07) is 4.92. The van der Waals surface area contributed by atoms with E-state index in [-0.39, 0.29) is 48.4 Å². The van der Waals surface area contributed by atoms with Crippen LogP contribution in [0, 0.1) is 0 Å². The van der Waals surface area contributed by atoms with Crippen LogP contribution in [0.5, 0.6) is 5.88 Å². The zero-order chi connectivity index (χ0) is 15.7. The quantitative estimate of drug-likeness (QED) is 0.374. The van der Waals surface area contributed by atoms with E-state index in [1.54, 1.807) is 19.2 Å². The third-order valence-electron chi connectivity index (χ3n) is 2.36. The third-order valence-corrected chi connectivity index (χ3v) is 2.36. The van der Waals surface area contributed by atoms with Crippen molar-refractivity contribution in [2.24, 2.45) is 10.7 Å². The van der Waals surface area contributed by atoms with Crippen LogP contribution in [0.2, 0.25) is 0 Å². The number of aromatic nitrogens is 1. The Bertz CT molecular complexity index is 463. The van der Waals surface area contributed by atoms with E-state index >= 15 is 0 Å². The first-order chi connectivity index (χ1) is 10.0. The van der Waals surface area contributed by atoms with E-state index in [1.165, 1.54) is 6.07 Å². The molecule has 0 aromatic carbocycles. The summed E-state index contributed by atoms with van der Waals surface area (Å²) in [5.74, 6) is 0.405. The monoisotopic (exact) mass is 430 g/mol. The number of nitrogens with zero attached hydrogens (tertiary/aromatic N) is 2. The second kappa shape index (κ2) is 11.4. The number of guanidine groups is 1. The van der Waals surface area contributed by atoms with Gasteiger partial charge in [0.2, 0.25) is 5.88 Å². The minimum Gasteiger partial charge on any atom is -0.472 e. The molecule has 0 spiro atoms. The number of halogens is 3. The lowest BCUT2D eigenvalue weighted by Gasteiger charge is -2.13. The fourth-order valence-electron chi connectivity index (χ4n) is 1.53. The normalized spacial score (nSPS) is 12.7. The number of nitrogens with two attached hydrogens (primary N) is 1. The first-order valence-electron chi connectivity index (χ1n) is 6.43. The lowest BCUT2D eigenvalue weighted by Crippen LogP contribution is -2.40. The van der Waals surface area contributed by atoms with E-state index < -0.39 is 13.0 Å². The number of rotatable bonds is 8. The second-order valence-electron chi connectivity index (χ2n) is 4.37. The smallest absolute Gasteiger partial charge is 0.272 e. The van der Waals surface area contributed by atoms with Crippen molar-refractivity contribution >= 4 is 29.9 Å². The SMILES string of the molecule is COCC(C)NC(N)=NCc1cccc(OCC(F)F)n1.I. The van der Waals surface area contributed by atoms with E-state index in [1.807, 2.05) is 6.92 Å².